The van der Waals surface area contributed by atoms with Gasteiger partial charge in [-0.15, -0.1) is 0 Å². The SMILES string of the molecule is C=CC(=O)C1CCC(C(=O)N2CCC(N3CCC(N4CCN(C)CC4)C3)CC2)CC1. The van der Waals surface area contributed by atoms with E-state index in [1.807, 2.05) is 0 Å². The van der Waals surface area contributed by atoms with Crippen LogP contribution in [0.2, 0.25) is 0 Å². The van der Waals surface area contributed by atoms with Crippen molar-refractivity contribution in [2.45, 2.75) is 57.0 Å². The van der Waals surface area contributed by atoms with Crippen molar-refractivity contribution in [2.75, 3.05) is 59.4 Å². The van der Waals surface area contributed by atoms with E-state index in [0.717, 1.165) is 57.7 Å². The number of ketones is 1. The number of piperidine rings is 1. The molecule has 0 aromatic rings. The van der Waals surface area contributed by atoms with Crippen molar-refractivity contribution in [3.8, 4) is 0 Å². The summed E-state index contributed by atoms with van der Waals surface area (Å²) in [6.45, 7) is 12.7. The van der Waals surface area contributed by atoms with Gasteiger partial charge in [0.25, 0.3) is 0 Å². The molecule has 4 fully saturated rings. The number of piperazine rings is 1. The monoisotopic (exact) mass is 416 g/mol. The van der Waals surface area contributed by atoms with E-state index in [0.29, 0.717) is 11.9 Å². The van der Waals surface area contributed by atoms with Crippen molar-refractivity contribution in [1.29, 1.82) is 0 Å². The van der Waals surface area contributed by atoms with Gasteiger partial charge in [-0.1, -0.05) is 6.58 Å². The molecule has 1 aliphatic carbocycles. The molecule has 0 bridgehead atoms. The van der Waals surface area contributed by atoms with Crippen LogP contribution >= 0.6 is 0 Å². The highest BCUT2D eigenvalue weighted by Crippen LogP contribution is 2.32. The van der Waals surface area contributed by atoms with E-state index in [4.69, 9.17) is 0 Å². The second-order valence-electron chi connectivity index (χ2n) is 9.99. The van der Waals surface area contributed by atoms with Gasteiger partial charge < -0.3 is 9.80 Å². The minimum atomic E-state index is 0.0979. The molecule has 0 spiro atoms. The molecule has 4 rings (SSSR count). The largest absolute Gasteiger partial charge is 0.342 e. The molecule has 30 heavy (non-hydrogen) atoms. The van der Waals surface area contributed by atoms with E-state index in [1.54, 1.807) is 0 Å². The van der Waals surface area contributed by atoms with Crippen molar-refractivity contribution < 1.29 is 9.59 Å². The van der Waals surface area contributed by atoms with Crippen LogP contribution in [0.4, 0.5) is 0 Å². The summed E-state index contributed by atoms with van der Waals surface area (Å²) in [4.78, 5) is 34.8. The Bertz CT molecular complexity index is 615. The van der Waals surface area contributed by atoms with E-state index in [-0.39, 0.29) is 17.6 Å². The molecule has 1 amide bonds. The van der Waals surface area contributed by atoms with Crippen LogP contribution in [-0.2, 0) is 9.59 Å². The van der Waals surface area contributed by atoms with E-state index in [9.17, 15) is 9.59 Å². The lowest BCUT2D eigenvalue weighted by Gasteiger charge is -2.40. The summed E-state index contributed by atoms with van der Waals surface area (Å²) in [7, 11) is 2.22. The second kappa shape index (κ2) is 9.92. The number of carbonyl (C=O) groups is 2. The van der Waals surface area contributed by atoms with Gasteiger partial charge in [0.2, 0.25) is 5.91 Å². The van der Waals surface area contributed by atoms with Gasteiger partial charge in [-0.2, -0.15) is 0 Å². The highest BCUT2D eigenvalue weighted by Gasteiger charge is 2.36. The molecular weight excluding hydrogens is 376 g/mol. The predicted octanol–water partition coefficient (Wildman–Crippen LogP) is 1.86. The number of hydrogen-bond donors (Lipinski definition) is 0. The summed E-state index contributed by atoms with van der Waals surface area (Å²) < 4.78 is 0. The Morgan fingerprint density at radius 2 is 1.33 bits per heavy atom. The van der Waals surface area contributed by atoms with Gasteiger partial charge in [0.15, 0.2) is 5.78 Å². The summed E-state index contributed by atoms with van der Waals surface area (Å²) in [6.07, 6.45) is 8.40. The minimum Gasteiger partial charge on any atom is -0.342 e. The molecule has 3 aliphatic heterocycles. The van der Waals surface area contributed by atoms with Gasteiger partial charge in [0, 0.05) is 76.3 Å². The number of hydrogen-bond acceptors (Lipinski definition) is 5. The average molecular weight is 417 g/mol. The maximum atomic E-state index is 13.0. The molecule has 3 saturated heterocycles. The summed E-state index contributed by atoms with van der Waals surface area (Å²) in [5.41, 5.74) is 0. The Morgan fingerprint density at radius 3 is 1.97 bits per heavy atom. The quantitative estimate of drug-likeness (QED) is 0.641. The Labute approximate surface area is 182 Å². The van der Waals surface area contributed by atoms with Crippen LogP contribution in [-0.4, -0.2) is 103 Å². The fourth-order valence-corrected chi connectivity index (χ4v) is 6.09. The summed E-state index contributed by atoms with van der Waals surface area (Å²) in [6, 6.07) is 1.37. The molecule has 0 N–H and O–H groups in total. The van der Waals surface area contributed by atoms with Crippen LogP contribution in [0.5, 0.6) is 0 Å². The third kappa shape index (κ3) is 4.97. The van der Waals surface area contributed by atoms with Gasteiger partial charge in [0.1, 0.15) is 0 Å². The van der Waals surface area contributed by atoms with Gasteiger partial charge >= 0.3 is 0 Å². The molecular formula is C24H40N4O2. The molecule has 0 aromatic carbocycles. The van der Waals surface area contributed by atoms with Crippen LogP contribution in [0.1, 0.15) is 44.9 Å². The number of allylic oxidation sites excluding steroid dienone is 1. The number of amides is 1. The maximum absolute atomic E-state index is 13.0. The first kappa shape index (κ1) is 22.0. The lowest BCUT2D eigenvalue weighted by Crippen LogP contribution is -2.51. The van der Waals surface area contributed by atoms with Crippen molar-refractivity contribution >= 4 is 11.7 Å². The van der Waals surface area contributed by atoms with Crippen LogP contribution in [0.3, 0.4) is 0 Å². The van der Waals surface area contributed by atoms with Crippen molar-refractivity contribution in [3.63, 3.8) is 0 Å². The Kier molecular flexibility index (Phi) is 7.27. The number of likely N-dealkylation sites (tertiary alicyclic amines) is 2. The first-order valence-electron chi connectivity index (χ1n) is 12.2. The van der Waals surface area contributed by atoms with Crippen molar-refractivity contribution in [3.05, 3.63) is 12.7 Å². The maximum Gasteiger partial charge on any atom is 0.225 e. The molecule has 6 heteroatoms. The highest BCUT2D eigenvalue weighted by atomic mass is 16.2. The zero-order valence-corrected chi connectivity index (χ0v) is 18.8. The van der Waals surface area contributed by atoms with Gasteiger partial charge in [-0.25, -0.2) is 0 Å². The summed E-state index contributed by atoms with van der Waals surface area (Å²) in [5.74, 6) is 0.724. The van der Waals surface area contributed by atoms with E-state index in [1.165, 1.54) is 51.8 Å². The van der Waals surface area contributed by atoms with Crippen LogP contribution in [0, 0.1) is 11.8 Å². The number of likely N-dealkylation sites (N-methyl/N-ethyl adjacent to an activating group) is 1. The van der Waals surface area contributed by atoms with E-state index >= 15 is 0 Å². The molecule has 1 unspecified atom stereocenters. The molecule has 3 heterocycles. The van der Waals surface area contributed by atoms with Crippen LogP contribution < -0.4 is 0 Å². The zero-order chi connectivity index (χ0) is 21.1. The first-order chi connectivity index (χ1) is 14.5. The molecule has 6 nitrogen and oxygen atoms in total. The van der Waals surface area contributed by atoms with Gasteiger partial charge in [-0.05, 0) is 58.1 Å². The smallest absolute Gasteiger partial charge is 0.225 e. The molecule has 1 atom stereocenters. The third-order valence-corrected chi connectivity index (χ3v) is 8.22. The fourth-order valence-electron chi connectivity index (χ4n) is 6.09. The number of nitrogens with zero attached hydrogens (tertiary/aromatic N) is 4. The van der Waals surface area contributed by atoms with E-state index < -0.39 is 0 Å². The lowest BCUT2D eigenvalue weighted by atomic mass is 9.79. The van der Waals surface area contributed by atoms with Gasteiger partial charge in [0.05, 0.1) is 0 Å². The molecule has 0 aromatic heterocycles. The standard InChI is InChI=1S/C24H40N4O2/c1-3-23(29)19-4-6-20(7-5-19)24(30)27-11-8-21(9-12-27)28-13-10-22(18-28)26-16-14-25(2)15-17-26/h3,19-22H,1,4-18H2,2H3. The molecule has 0 radical (unpaired) electrons. The predicted molar refractivity (Wildman–Crippen MR) is 119 cm³/mol. The Hall–Kier alpha value is -1.24. The third-order valence-electron chi connectivity index (χ3n) is 8.22. The van der Waals surface area contributed by atoms with E-state index in [2.05, 4.69) is 33.2 Å². The second-order valence-corrected chi connectivity index (χ2v) is 9.99. The molecule has 168 valence electrons. The van der Waals surface area contributed by atoms with Crippen molar-refractivity contribution in [2.24, 2.45) is 11.8 Å². The first-order valence-corrected chi connectivity index (χ1v) is 12.2. The normalized spacial score (nSPS) is 33.0. The lowest BCUT2D eigenvalue weighted by molar-refractivity contribution is -0.139. The molecule has 4 aliphatic rings. The summed E-state index contributed by atoms with van der Waals surface area (Å²) in [5, 5.41) is 0. The minimum absolute atomic E-state index is 0.0979. The summed E-state index contributed by atoms with van der Waals surface area (Å²) >= 11 is 0. The zero-order valence-electron chi connectivity index (χ0n) is 18.8. The number of rotatable bonds is 5. The van der Waals surface area contributed by atoms with Crippen LogP contribution in [0.25, 0.3) is 0 Å². The highest BCUT2D eigenvalue weighted by molar-refractivity contribution is 5.91. The van der Waals surface area contributed by atoms with Crippen LogP contribution in [0.15, 0.2) is 12.7 Å². The Balaban J connectivity index is 1.19. The molecule has 1 saturated carbocycles. The van der Waals surface area contributed by atoms with Gasteiger partial charge in [-0.3, -0.25) is 19.4 Å². The fraction of sp³-hybridized carbons (Fsp3) is 0.833. The number of carbonyl (C=O) groups excluding carboxylic acids is 2. The van der Waals surface area contributed by atoms with Crippen molar-refractivity contribution in [1.82, 2.24) is 19.6 Å². The average Bonchev–Trinajstić information content (AvgIpc) is 3.29. The topological polar surface area (TPSA) is 47.1 Å². The Morgan fingerprint density at radius 1 is 0.733 bits per heavy atom.